The Bertz CT molecular complexity index is 823. The lowest BCUT2D eigenvalue weighted by Gasteiger charge is -2.37. The maximum Gasteiger partial charge on any atom is 0.303 e. The van der Waals surface area contributed by atoms with E-state index in [4.69, 9.17) is 19.3 Å². The van der Waals surface area contributed by atoms with E-state index in [0.29, 0.717) is 13.0 Å². The maximum atomic E-state index is 10.7. The van der Waals surface area contributed by atoms with E-state index in [1.807, 2.05) is 48.7 Å². The Balaban J connectivity index is 1.67. The van der Waals surface area contributed by atoms with Crippen molar-refractivity contribution in [2.45, 2.75) is 44.5 Å². The lowest BCUT2D eigenvalue weighted by molar-refractivity contribution is -0.240. The molecule has 2 aromatic rings. The first-order valence-electron chi connectivity index (χ1n) is 10.3. The van der Waals surface area contributed by atoms with Gasteiger partial charge in [0.2, 0.25) is 0 Å². The van der Waals surface area contributed by atoms with E-state index in [1.54, 1.807) is 13.3 Å². The quantitative estimate of drug-likeness (QED) is 0.577. The van der Waals surface area contributed by atoms with Gasteiger partial charge in [-0.15, -0.1) is 0 Å². The standard InChI is InChI=1S/C24H29NO5/c1-28-21-11-6-5-10-20(21)24-19(9-3-2-4-12-22(26)27)17-29-23(30-24)14-13-18-8-7-15-25-16-18/h2-3,5-8,10-11,15-16,19,23-24H,4,9,12-14,17H2,1H3,(H,26,27)/b3-2-. The van der Waals surface area contributed by atoms with E-state index in [1.165, 1.54) is 0 Å². The van der Waals surface area contributed by atoms with Gasteiger partial charge >= 0.3 is 5.97 Å². The molecule has 0 bridgehead atoms. The normalized spacial score (nSPS) is 21.6. The number of rotatable bonds is 10. The van der Waals surface area contributed by atoms with E-state index >= 15 is 0 Å². The van der Waals surface area contributed by atoms with Crippen LogP contribution >= 0.6 is 0 Å². The molecule has 1 N–H and O–H groups in total. The average Bonchev–Trinajstić information content (AvgIpc) is 2.78. The van der Waals surface area contributed by atoms with Crippen molar-refractivity contribution in [3.63, 3.8) is 0 Å². The van der Waals surface area contributed by atoms with Crippen molar-refractivity contribution in [3.05, 3.63) is 72.1 Å². The second kappa shape index (κ2) is 11.5. The van der Waals surface area contributed by atoms with Gasteiger partial charge in [0, 0.05) is 36.7 Å². The zero-order chi connectivity index (χ0) is 21.2. The predicted octanol–water partition coefficient (Wildman–Crippen LogP) is 4.56. The smallest absolute Gasteiger partial charge is 0.303 e. The number of carbonyl (C=O) groups is 1. The molecular formula is C24H29NO5. The highest BCUT2D eigenvalue weighted by atomic mass is 16.7. The summed E-state index contributed by atoms with van der Waals surface area (Å²) in [7, 11) is 1.67. The number of pyridine rings is 1. The summed E-state index contributed by atoms with van der Waals surface area (Å²) >= 11 is 0. The van der Waals surface area contributed by atoms with Crippen LogP contribution in [0.15, 0.2) is 60.9 Å². The third-order valence-corrected chi connectivity index (χ3v) is 5.19. The number of methoxy groups -OCH3 is 1. The van der Waals surface area contributed by atoms with Crippen LogP contribution in [0.2, 0.25) is 0 Å². The number of hydrogen-bond donors (Lipinski definition) is 1. The summed E-state index contributed by atoms with van der Waals surface area (Å²) in [5.74, 6) is 0.139. The Morgan fingerprint density at radius 2 is 2.13 bits per heavy atom. The zero-order valence-corrected chi connectivity index (χ0v) is 17.3. The minimum atomic E-state index is -0.785. The summed E-state index contributed by atoms with van der Waals surface area (Å²) in [5, 5.41) is 8.78. The largest absolute Gasteiger partial charge is 0.496 e. The molecule has 3 atom stereocenters. The molecule has 0 saturated carbocycles. The average molecular weight is 411 g/mol. The molecule has 1 aliphatic rings. The predicted molar refractivity (Wildman–Crippen MR) is 113 cm³/mol. The number of aliphatic carboxylic acids is 1. The van der Waals surface area contributed by atoms with Crippen molar-refractivity contribution in [1.29, 1.82) is 0 Å². The van der Waals surface area contributed by atoms with Gasteiger partial charge in [0.05, 0.1) is 19.8 Å². The van der Waals surface area contributed by atoms with Crippen molar-refractivity contribution in [1.82, 2.24) is 4.98 Å². The van der Waals surface area contributed by atoms with E-state index in [2.05, 4.69) is 11.1 Å². The molecule has 3 rings (SSSR count). The lowest BCUT2D eigenvalue weighted by atomic mass is 9.91. The van der Waals surface area contributed by atoms with Gasteiger partial charge in [-0.3, -0.25) is 9.78 Å². The molecule has 0 radical (unpaired) electrons. The lowest BCUT2D eigenvalue weighted by Crippen LogP contribution is -2.35. The molecule has 160 valence electrons. The van der Waals surface area contributed by atoms with Gasteiger partial charge in [-0.05, 0) is 37.0 Å². The first-order chi connectivity index (χ1) is 14.7. The molecule has 6 nitrogen and oxygen atoms in total. The number of carboxylic acids is 1. The molecule has 6 heteroatoms. The van der Waals surface area contributed by atoms with E-state index in [0.717, 1.165) is 36.1 Å². The summed E-state index contributed by atoms with van der Waals surface area (Å²) in [6.07, 6.45) is 10.1. The van der Waals surface area contributed by atoms with Gasteiger partial charge in [-0.2, -0.15) is 0 Å². The third kappa shape index (κ3) is 6.40. The van der Waals surface area contributed by atoms with Gasteiger partial charge in [0.25, 0.3) is 0 Å². The van der Waals surface area contributed by atoms with Crippen molar-refractivity contribution < 1.29 is 24.1 Å². The van der Waals surface area contributed by atoms with E-state index in [-0.39, 0.29) is 24.7 Å². The first-order valence-corrected chi connectivity index (χ1v) is 10.3. The van der Waals surface area contributed by atoms with Crippen LogP contribution in [-0.2, 0) is 20.7 Å². The Hall–Kier alpha value is -2.70. The fourth-order valence-electron chi connectivity index (χ4n) is 3.63. The Kier molecular flexibility index (Phi) is 8.41. The first kappa shape index (κ1) is 22.0. The highest BCUT2D eigenvalue weighted by Gasteiger charge is 2.33. The monoisotopic (exact) mass is 411 g/mol. The number of ether oxygens (including phenoxy) is 3. The highest BCUT2D eigenvalue weighted by molar-refractivity contribution is 5.66. The Labute approximate surface area is 177 Å². The molecule has 1 fully saturated rings. The fourth-order valence-corrected chi connectivity index (χ4v) is 3.63. The van der Waals surface area contributed by atoms with Crippen LogP contribution in [0.1, 0.15) is 42.9 Å². The van der Waals surface area contributed by atoms with Gasteiger partial charge in [0.15, 0.2) is 6.29 Å². The number of carboxylic acid groups (broad SMARTS) is 1. The summed E-state index contributed by atoms with van der Waals surface area (Å²) in [5.41, 5.74) is 2.17. The minimum Gasteiger partial charge on any atom is -0.496 e. The molecule has 0 amide bonds. The fraction of sp³-hybridized carbons (Fsp3) is 0.417. The van der Waals surface area contributed by atoms with Crippen LogP contribution in [0, 0.1) is 5.92 Å². The number of allylic oxidation sites excluding steroid dienone is 2. The number of nitrogens with zero attached hydrogens (tertiary/aromatic N) is 1. The van der Waals surface area contributed by atoms with Gasteiger partial charge in [0.1, 0.15) is 5.75 Å². The SMILES string of the molecule is COc1ccccc1C1OC(CCc2cccnc2)OCC1C/C=C\CCC(=O)O. The molecule has 2 heterocycles. The van der Waals surface area contributed by atoms with Crippen LogP contribution in [-0.4, -0.2) is 36.1 Å². The molecule has 3 unspecified atom stereocenters. The molecule has 1 aromatic heterocycles. The zero-order valence-electron chi connectivity index (χ0n) is 17.3. The Morgan fingerprint density at radius 1 is 1.27 bits per heavy atom. The van der Waals surface area contributed by atoms with Crippen molar-refractivity contribution in [2.75, 3.05) is 13.7 Å². The topological polar surface area (TPSA) is 77.9 Å². The summed E-state index contributed by atoms with van der Waals surface area (Å²) in [6.45, 7) is 0.573. The summed E-state index contributed by atoms with van der Waals surface area (Å²) < 4.78 is 18.0. The van der Waals surface area contributed by atoms with E-state index in [9.17, 15) is 4.79 Å². The second-order valence-corrected chi connectivity index (χ2v) is 7.36. The van der Waals surface area contributed by atoms with Crippen molar-refractivity contribution in [3.8, 4) is 5.75 Å². The van der Waals surface area contributed by atoms with Crippen LogP contribution in [0.25, 0.3) is 0 Å². The van der Waals surface area contributed by atoms with Gasteiger partial charge in [-0.1, -0.05) is 36.4 Å². The number of aromatic nitrogens is 1. The molecule has 1 aliphatic heterocycles. The molecule has 0 spiro atoms. The van der Waals surface area contributed by atoms with Gasteiger partial charge in [-0.25, -0.2) is 0 Å². The molecular weight excluding hydrogens is 382 g/mol. The Morgan fingerprint density at radius 3 is 2.90 bits per heavy atom. The molecule has 0 aliphatic carbocycles. The summed E-state index contributed by atoms with van der Waals surface area (Å²) in [6, 6.07) is 11.9. The number of hydrogen-bond acceptors (Lipinski definition) is 5. The van der Waals surface area contributed by atoms with Crippen LogP contribution < -0.4 is 4.74 Å². The molecule has 30 heavy (non-hydrogen) atoms. The van der Waals surface area contributed by atoms with Crippen molar-refractivity contribution in [2.24, 2.45) is 5.92 Å². The second-order valence-electron chi connectivity index (χ2n) is 7.36. The number of aryl methyl sites for hydroxylation is 1. The van der Waals surface area contributed by atoms with Crippen LogP contribution in [0.5, 0.6) is 5.75 Å². The molecule has 1 aromatic carbocycles. The highest BCUT2D eigenvalue weighted by Crippen LogP contribution is 2.39. The van der Waals surface area contributed by atoms with Crippen molar-refractivity contribution >= 4 is 5.97 Å². The van der Waals surface area contributed by atoms with E-state index < -0.39 is 5.97 Å². The number of para-hydroxylation sites is 1. The van der Waals surface area contributed by atoms with Gasteiger partial charge < -0.3 is 19.3 Å². The van der Waals surface area contributed by atoms with Crippen LogP contribution in [0.3, 0.4) is 0 Å². The third-order valence-electron chi connectivity index (χ3n) is 5.19. The maximum absolute atomic E-state index is 10.7. The molecule has 1 saturated heterocycles. The van der Waals surface area contributed by atoms with Crippen LogP contribution in [0.4, 0.5) is 0 Å². The number of benzene rings is 1. The summed E-state index contributed by atoms with van der Waals surface area (Å²) in [4.78, 5) is 14.8. The minimum absolute atomic E-state index is 0.122.